The lowest BCUT2D eigenvalue weighted by Gasteiger charge is -2.32. The number of ether oxygens (including phenoxy) is 1. The molecule has 2 N–H and O–H groups in total. The van der Waals surface area contributed by atoms with Crippen molar-refractivity contribution in [3.8, 4) is 0 Å². The molecule has 1 saturated heterocycles. The molecule has 1 aromatic rings. The largest absolute Gasteiger partial charge is 0.433 e. The molecule has 0 radical (unpaired) electrons. The zero-order chi connectivity index (χ0) is 19.2. The maximum absolute atomic E-state index is 13.2. The van der Waals surface area contributed by atoms with Gasteiger partial charge in [-0.25, -0.2) is 4.98 Å². The van der Waals surface area contributed by atoms with Crippen molar-refractivity contribution in [3.63, 3.8) is 0 Å². The third-order valence-electron chi connectivity index (χ3n) is 4.02. The highest BCUT2D eigenvalue weighted by Crippen LogP contribution is 2.31. The van der Waals surface area contributed by atoms with Crippen molar-refractivity contribution in [1.29, 1.82) is 0 Å². The van der Waals surface area contributed by atoms with E-state index in [-0.39, 0.29) is 16.9 Å². The highest BCUT2D eigenvalue weighted by atomic mass is 32.1. The Balaban J connectivity index is 2.14. The minimum absolute atomic E-state index is 0.155. The number of nitrogens with one attached hydrogen (secondary N) is 2. The van der Waals surface area contributed by atoms with Crippen molar-refractivity contribution in [3.05, 3.63) is 11.8 Å². The average molecular weight is 391 g/mol. The van der Waals surface area contributed by atoms with Crippen LogP contribution in [0, 0.1) is 5.92 Å². The first-order valence-electron chi connectivity index (χ1n) is 8.54. The standard InChI is InChI=1S/C16H24F3N5OS/c1-11-5-3-7-24(10-11)13-9-12(16(17,18)19)21-14(22-13)23-15(26)20-6-4-8-25-2/h9,11H,3-8,10H2,1-2H3,(H2,20,21,22,23,26)/t11-/m1/s1. The summed E-state index contributed by atoms with van der Waals surface area (Å²) in [5, 5.41) is 5.73. The highest BCUT2D eigenvalue weighted by Gasteiger charge is 2.34. The van der Waals surface area contributed by atoms with Crippen LogP contribution in [0.3, 0.4) is 0 Å². The Hall–Kier alpha value is -1.68. The van der Waals surface area contributed by atoms with E-state index in [1.54, 1.807) is 7.11 Å². The second-order valence-corrected chi connectivity index (χ2v) is 6.76. The van der Waals surface area contributed by atoms with Gasteiger partial charge in [0, 0.05) is 39.4 Å². The van der Waals surface area contributed by atoms with Gasteiger partial charge in [0.25, 0.3) is 0 Å². The molecule has 1 aliphatic rings. The molecule has 1 aromatic heterocycles. The molecule has 0 aromatic carbocycles. The topological polar surface area (TPSA) is 62.3 Å². The number of nitrogens with zero attached hydrogens (tertiary/aromatic N) is 3. The van der Waals surface area contributed by atoms with Crippen molar-refractivity contribution < 1.29 is 17.9 Å². The van der Waals surface area contributed by atoms with Crippen LogP contribution in [0.1, 0.15) is 31.9 Å². The van der Waals surface area contributed by atoms with Crippen LogP contribution >= 0.6 is 12.2 Å². The van der Waals surface area contributed by atoms with E-state index in [0.29, 0.717) is 32.2 Å². The van der Waals surface area contributed by atoms with Crippen molar-refractivity contribution >= 4 is 29.1 Å². The molecule has 0 unspecified atom stereocenters. The SMILES string of the molecule is COCCCNC(=S)Nc1nc(N2CCC[C@@H](C)C2)cc(C(F)(F)F)n1. The minimum atomic E-state index is -4.55. The monoisotopic (exact) mass is 391 g/mol. The molecule has 2 rings (SSSR count). The highest BCUT2D eigenvalue weighted by molar-refractivity contribution is 7.80. The van der Waals surface area contributed by atoms with Gasteiger partial charge in [-0.3, -0.25) is 0 Å². The van der Waals surface area contributed by atoms with E-state index in [1.165, 1.54) is 0 Å². The van der Waals surface area contributed by atoms with Crippen LogP contribution in [0.2, 0.25) is 0 Å². The molecule has 26 heavy (non-hydrogen) atoms. The summed E-state index contributed by atoms with van der Waals surface area (Å²) >= 11 is 5.10. The Kier molecular flexibility index (Phi) is 7.39. The quantitative estimate of drug-likeness (QED) is 0.571. The maximum atomic E-state index is 13.2. The summed E-state index contributed by atoms with van der Waals surface area (Å²) in [6.45, 7) is 4.53. The molecule has 6 nitrogen and oxygen atoms in total. The molecule has 1 fully saturated rings. The molecule has 0 spiro atoms. The fourth-order valence-corrected chi connectivity index (χ4v) is 2.95. The van der Waals surface area contributed by atoms with Crippen LogP contribution in [0.4, 0.5) is 24.9 Å². The molecule has 10 heteroatoms. The van der Waals surface area contributed by atoms with Gasteiger partial charge >= 0.3 is 6.18 Å². The number of halogens is 3. The number of aromatic nitrogens is 2. The Morgan fingerprint density at radius 2 is 2.19 bits per heavy atom. The third kappa shape index (κ3) is 6.24. The predicted molar refractivity (Wildman–Crippen MR) is 98.4 cm³/mol. The fraction of sp³-hybridized carbons (Fsp3) is 0.688. The van der Waals surface area contributed by atoms with E-state index in [4.69, 9.17) is 17.0 Å². The Bertz CT molecular complexity index is 614. The number of hydrogen-bond acceptors (Lipinski definition) is 5. The summed E-state index contributed by atoms with van der Waals surface area (Å²) in [7, 11) is 1.59. The van der Waals surface area contributed by atoms with Crippen molar-refractivity contribution in [1.82, 2.24) is 15.3 Å². The van der Waals surface area contributed by atoms with E-state index < -0.39 is 11.9 Å². The van der Waals surface area contributed by atoms with Gasteiger partial charge in [-0.2, -0.15) is 18.2 Å². The van der Waals surface area contributed by atoms with Crippen molar-refractivity contribution in [2.45, 2.75) is 32.4 Å². The van der Waals surface area contributed by atoms with Gasteiger partial charge in [0.2, 0.25) is 5.95 Å². The van der Waals surface area contributed by atoms with Crippen LogP contribution in [0.25, 0.3) is 0 Å². The van der Waals surface area contributed by atoms with Crippen molar-refractivity contribution in [2.24, 2.45) is 5.92 Å². The summed E-state index contributed by atoms with van der Waals surface area (Å²) in [6.07, 6.45) is -1.84. The van der Waals surface area contributed by atoms with Gasteiger partial charge < -0.3 is 20.3 Å². The number of hydrogen-bond donors (Lipinski definition) is 2. The molecule has 2 heterocycles. The van der Waals surface area contributed by atoms with Gasteiger partial charge in [0.1, 0.15) is 5.82 Å². The molecule has 146 valence electrons. The van der Waals surface area contributed by atoms with E-state index in [0.717, 1.165) is 25.3 Å². The molecule has 0 bridgehead atoms. The number of thiocarbonyl (C=S) groups is 1. The second kappa shape index (κ2) is 9.31. The summed E-state index contributed by atoms with van der Waals surface area (Å²) in [6, 6.07) is 0.998. The average Bonchev–Trinajstić information content (AvgIpc) is 2.58. The molecule has 1 atom stereocenters. The van der Waals surface area contributed by atoms with E-state index >= 15 is 0 Å². The molecule has 0 aliphatic carbocycles. The van der Waals surface area contributed by atoms with Gasteiger partial charge in [-0.05, 0) is 37.4 Å². The van der Waals surface area contributed by atoms with Crippen LogP contribution in [-0.2, 0) is 10.9 Å². The van der Waals surface area contributed by atoms with Gasteiger partial charge in [0.15, 0.2) is 10.8 Å². The van der Waals surface area contributed by atoms with Gasteiger partial charge in [-0.15, -0.1) is 0 Å². The van der Waals surface area contributed by atoms with Crippen LogP contribution < -0.4 is 15.5 Å². The lowest BCUT2D eigenvalue weighted by atomic mass is 10.0. The van der Waals surface area contributed by atoms with Crippen molar-refractivity contribution in [2.75, 3.05) is 43.6 Å². The lowest BCUT2D eigenvalue weighted by Crippen LogP contribution is -2.36. The van der Waals surface area contributed by atoms with Gasteiger partial charge in [-0.1, -0.05) is 6.92 Å². The number of methoxy groups -OCH3 is 1. The third-order valence-corrected chi connectivity index (χ3v) is 4.27. The van der Waals surface area contributed by atoms with Crippen LogP contribution in [-0.4, -0.2) is 48.4 Å². The summed E-state index contributed by atoms with van der Waals surface area (Å²) < 4.78 is 44.6. The zero-order valence-electron chi connectivity index (χ0n) is 14.9. The smallest absolute Gasteiger partial charge is 0.385 e. The molecule has 0 saturated carbocycles. The van der Waals surface area contributed by atoms with E-state index in [2.05, 4.69) is 27.5 Å². The second-order valence-electron chi connectivity index (χ2n) is 6.35. The first-order chi connectivity index (χ1) is 12.3. The summed E-state index contributed by atoms with van der Waals surface area (Å²) in [4.78, 5) is 9.68. The summed E-state index contributed by atoms with van der Waals surface area (Å²) in [5.41, 5.74) is -0.981. The molecular formula is C16H24F3N5OS. The number of anilines is 2. The molecule has 0 amide bonds. The minimum Gasteiger partial charge on any atom is -0.385 e. The van der Waals surface area contributed by atoms with E-state index in [1.807, 2.05) is 4.90 Å². The normalized spacial score (nSPS) is 17.9. The number of piperidine rings is 1. The zero-order valence-corrected chi connectivity index (χ0v) is 15.7. The fourth-order valence-electron chi connectivity index (χ4n) is 2.76. The lowest BCUT2D eigenvalue weighted by molar-refractivity contribution is -0.141. The Morgan fingerprint density at radius 1 is 1.42 bits per heavy atom. The Morgan fingerprint density at radius 3 is 2.85 bits per heavy atom. The Labute approximate surface area is 156 Å². The summed E-state index contributed by atoms with van der Waals surface area (Å²) in [5.74, 6) is 0.522. The first-order valence-corrected chi connectivity index (χ1v) is 8.95. The van der Waals surface area contributed by atoms with Gasteiger partial charge in [0.05, 0.1) is 0 Å². The first kappa shape index (κ1) is 20.6. The molecular weight excluding hydrogens is 367 g/mol. The number of rotatable bonds is 6. The predicted octanol–water partition coefficient (Wildman–Crippen LogP) is 3.05. The van der Waals surface area contributed by atoms with Crippen LogP contribution in [0.5, 0.6) is 0 Å². The van der Waals surface area contributed by atoms with E-state index in [9.17, 15) is 13.2 Å². The number of alkyl halides is 3. The molecule has 1 aliphatic heterocycles. The maximum Gasteiger partial charge on any atom is 0.433 e. The van der Waals surface area contributed by atoms with Crippen LogP contribution in [0.15, 0.2) is 6.07 Å².